The molecule has 9 nitrogen and oxygen atoms in total. The van der Waals surface area contributed by atoms with E-state index in [1.165, 1.54) is 12.1 Å². The SMILES string of the molecule is O=C(CN1CCCC(c2cn[nH]n2)C1)Nc1ccccc1[N+](=O)[O-]. The maximum absolute atomic E-state index is 12.2. The summed E-state index contributed by atoms with van der Waals surface area (Å²) < 4.78 is 0. The molecule has 1 saturated heterocycles. The van der Waals surface area contributed by atoms with E-state index in [-0.39, 0.29) is 29.7 Å². The molecule has 1 amide bonds. The first-order valence-corrected chi connectivity index (χ1v) is 7.75. The highest BCUT2D eigenvalue weighted by atomic mass is 16.6. The predicted molar refractivity (Wildman–Crippen MR) is 86.5 cm³/mol. The third-order valence-corrected chi connectivity index (χ3v) is 4.10. The lowest BCUT2D eigenvalue weighted by atomic mass is 9.95. The Hall–Kier alpha value is -2.81. The number of amides is 1. The highest BCUT2D eigenvalue weighted by Crippen LogP contribution is 2.25. The number of aromatic amines is 1. The number of nitrogens with zero attached hydrogens (tertiary/aromatic N) is 4. The number of nitro benzene ring substituents is 1. The minimum atomic E-state index is -0.503. The third kappa shape index (κ3) is 3.74. The first-order chi connectivity index (χ1) is 11.6. The second kappa shape index (κ2) is 7.18. The van der Waals surface area contributed by atoms with E-state index in [4.69, 9.17) is 0 Å². The van der Waals surface area contributed by atoms with E-state index < -0.39 is 4.92 Å². The number of H-pyrrole nitrogens is 1. The van der Waals surface area contributed by atoms with Crippen molar-refractivity contribution in [2.45, 2.75) is 18.8 Å². The van der Waals surface area contributed by atoms with Gasteiger partial charge in [0.05, 0.1) is 23.4 Å². The Kier molecular flexibility index (Phi) is 4.80. The van der Waals surface area contributed by atoms with Gasteiger partial charge in [-0.15, -0.1) is 0 Å². The summed E-state index contributed by atoms with van der Waals surface area (Å²) in [6.07, 6.45) is 3.69. The molecule has 3 rings (SSSR count). The average Bonchev–Trinajstić information content (AvgIpc) is 3.10. The maximum Gasteiger partial charge on any atom is 0.292 e. The fourth-order valence-electron chi connectivity index (χ4n) is 2.98. The zero-order valence-electron chi connectivity index (χ0n) is 13.0. The molecular weight excluding hydrogens is 312 g/mol. The van der Waals surface area contributed by atoms with Crippen molar-refractivity contribution < 1.29 is 9.72 Å². The van der Waals surface area contributed by atoms with E-state index in [2.05, 4.69) is 20.7 Å². The number of carbonyl (C=O) groups excluding carboxylic acids is 1. The summed E-state index contributed by atoms with van der Waals surface area (Å²) in [5, 5.41) is 24.2. The first kappa shape index (κ1) is 16.1. The van der Waals surface area contributed by atoms with Crippen LogP contribution in [0, 0.1) is 10.1 Å². The van der Waals surface area contributed by atoms with Gasteiger partial charge >= 0.3 is 0 Å². The normalized spacial score (nSPS) is 18.2. The zero-order chi connectivity index (χ0) is 16.9. The molecule has 1 atom stereocenters. The number of aromatic nitrogens is 3. The second-order valence-corrected chi connectivity index (χ2v) is 5.79. The fourth-order valence-corrected chi connectivity index (χ4v) is 2.98. The van der Waals surface area contributed by atoms with Gasteiger partial charge in [-0.25, -0.2) is 0 Å². The summed E-state index contributed by atoms with van der Waals surface area (Å²) in [5.41, 5.74) is 1.02. The number of carbonyl (C=O) groups is 1. The molecule has 126 valence electrons. The Bertz CT molecular complexity index is 718. The topological polar surface area (TPSA) is 117 Å². The molecule has 24 heavy (non-hydrogen) atoms. The maximum atomic E-state index is 12.2. The molecule has 1 fully saturated rings. The number of rotatable bonds is 5. The third-order valence-electron chi connectivity index (χ3n) is 4.10. The van der Waals surface area contributed by atoms with Crippen LogP contribution in [0.1, 0.15) is 24.5 Å². The molecule has 2 heterocycles. The van der Waals surface area contributed by atoms with Crippen molar-refractivity contribution >= 4 is 17.3 Å². The average molecular weight is 330 g/mol. The summed E-state index contributed by atoms with van der Waals surface area (Å²) in [6.45, 7) is 1.73. The van der Waals surface area contributed by atoms with Gasteiger partial charge in [-0.2, -0.15) is 15.4 Å². The molecule has 2 aromatic rings. The molecule has 0 radical (unpaired) electrons. The minimum Gasteiger partial charge on any atom is -0.319 e. The summed E-state index contributed by atoms with van der Waals surface area (Å²) in [6, 6.07) is 6.13. The van der Waals surface area contributed by atoms with Crippen LogP contribution in [-0.4, -0.2) is 50.8 Å². The van der Waals surface area contributed by atoms with E-state index in [9.17, 15) is 14.9 Å². The summed E-state index contributed by atoms with van der Waals surface area (Å²) in [7, 11) is 0. The Morgan fingerprint density at radius 1 is 1.46 bits per heavy atom. The van der Waals surface area contributed by atoms with Crippen molar-refractivity contribution in [1.29, 1.82) is 0 Å². The molecule has 0 bridgehead atoms. The van der Waals surface area contributed by atoms with Crippen molar-refractivity contribution in [3.8, 4) is 0 Å². The quantitative estimate of drug-likeness (QED) is 0.634. The second-order valence-electron chi connectivity index (χ2n) is 5.79. The number of nitro groups is 1. The van der Waals surface area contributed by atoms with E-state index in [0.29, 0.717) is 0 Å². The fraction of sp³-hybridized carbons (Fsp3) is 0.400. The van der Waals surface area contributed by atoms with Gasteiger partial charge in [0.15, 0.2) is 0 Å². The van der Waals surface area contributed by atoms with Gasteiger partial charge in [-0.05, 0) is 25.5 Å². The van der Waals surface area contributed by atoms with Crippen molar-refractivity contribution in [3.63, 3.8) is 0 Å². The van der Waals surface area contributed by atoms with Crippen LogP contribution in [0.5, 0.6) is 0 Å². The molecule has 1 unspecified atom stereocenters. The Morgan fingerprint density at radius 3 is 3.04 bits per heavy atom. The monoisotopic (exact) mass is 330 g/mol. The molecule has 1 aromatic heterocycles. The summed E-state index contributed by atoms with van der Waals surface area (Å²) >= 11 is 0. The number of likely N-dealkylation sites (tertiary alicyclic amines) is 1. The van der Waals surface area contributed by atoms with Crippen LogP contribution >= 0.6 is 0 Å². The largest absolute Gasteiger partial charge is 0.319 e. The standard InChI is InChI=1S/C15H18N6O3/c22-15(17-12-5-1-2-6-14(12)21(23)24)10-20-7-3-4-11(9-20)13-8-16-19-18-13/h1-2,5-6,8,11H,3-4,7,9-10H2,(H,17,22)(H,16,18,19). The van der Waals surface area contributed by atoms with Crippen LogP contribution in [0.3, 0.4) is 0 Å². The van der Waals surface area contributed by atoms with Crippen molar-refractivity contribution in [2.24, 2.45) is 0 Å². The molecule has 1 aliphatic heterocycles. The van der Waals surface area contributed by atoms with Crippen LogP contribution in [-0.2, 0) is 4.79 Å². The number of benzene rings is 1. The number of nitrogens with one attached hydrogen (secondary N) is 2. The van der Waals surface area contributed by atoms with Crippen LogP contribution in [0.4, 0.5) is 11.4 Å². The van der Waals surface area contributed by atoms with Crippen molar-refractivity contribution in [3.05, 3.63) is 46.3 Å². The molecule has 1 aliphatic rings. The van der Waals surface area contributed by atoms with Gasteiger partial charge in [0.2, 0.25) is 5.91 Å². The van der Waals surface area contributed by atoms with Crippen LogP contribution < -0.4 is 5.32 Å². The molecule has 1 aromatic carbocycles. The number of hydrogen-bond acceptors (Lipinski definition) is 6. The van der Waals surface area contributed by atoms with E-state index in [1.54, 1.807) is 18.3 Å². The number of hydrogen-bond donors (Lipinski definition) is 2. The molecule has 0 saturated carbocycles. The molecule has 9 heteroatoms. The van der Waals surface area contributed by atoms with E-state index >= 15 is 0 Å². The van der Waals surface area contributed by atoms with E-state index in [1.807, 2.05) is 4.90 Å². The van der Waals surface area contributed by atoms with Gasteiger partial charge in [0.25, 0.3) is 5.69 Å². The zero-order valence-corrected chi connectivity index (χ0v) is 13.0. The van der Waals surface area contributed by atoms with Gasteiger partial charge < -0.3 is 5.32 Å². The van der Waals surface area contributed by atoms with Gasteiger partial charge in [-0.1, -0.05) is 12.1 Å². The first-order valence-electron chi connectivity index (χ1n) is 7.75. The van der Waals surface area contributed by atoms with Gasteiger partial charge in [0.1, 0.15) is 5.69 Å². The lowest BCUT2D eigenvalue weighted by Crippen LogP contribution is -2.39. The molecular formula is C15H18N6O3. The predicted octanol–water partition coefficient (Wildman–Crippen LogP) is 1.53. The number of piperidine rings is 1. The molecule has 0 spiro atoms. The Balaban J connectivity index is 1.60. The van der Waals surface area contributed by atoms with E-state index in [0.717, 1.165) is 31.6 Å². The van der Waals surface area contributed by atoms with Crippen LogP contribution in [0.2, 0.25) is 0 Å². The minimum absolute atomic E-state index is 0.107. The van der Waals surface area contributed by atoms with Gasteiger partial charge in [0, 0.05) is 18.5 Å². The summed E-state index contributed by atoms with van der Waals surface area (Å²) in [4.78, 5) is 24.8. The van der Waals surface area contributed by atoms with Gasteiger partial charge in [-0.3, -0.25) is 19.8 Å². The van der Waals surface area contributed by atoms with Crippen LogP contribution in [0.25, 0.3) is 0 Å². The summed E-state index contributed by atoms with van der Waals surface area (Å²) in [5.74, 6) is -0.0125. The smallest absolute Gasteiger partial charge is 0.292 e. The molecule has 0 aliphatic carbocycles. The number of para-hydroxylation sites is 2. The number of anilines is 1. The van der Waals surface area contributed by atoms with Crippen molar-refractivity contribution in [1.82, 2.24) is 20.3 Å². The van der Waals surface area contributed by atoms with Crippen LogP contribution in [0.15, 0.2) is 30.5 Å². The lowest BCUT2D eigenvalue weighted by Gasteiger charge is -2.31. The Morgan fingerprint density at radius 2 is 2.29 bits per heavy atom. The lowest BCUT2D eigenvalue weighted by molar-refractivity contribution is -0.383. The molecule has 2 N–H and O–H groups in total. The van der Waals surface area contributed by atoms with Crippen molar-refractivity contribution in [2.75, 3.05) is 25.0 Å². The highest BCUT2D eigenvalue weighted by Gasteiger charge is 2.25. The highest BCUT2D eigenvalue weighted by molar-refractivity contribution is 5.94. The Labute approximate surface area is 138 Å².